The van der Waals surface area contributed by atoms with Crippen LogP contribution in [-0.4, -0.2) is 57.6 Å². The van der Waals surface area contributed by atoms with E-state index in [0.717, 1.165) is 24.5 Å². The number of hydrogen-bond donors (Lipinski definition) is 4. The Balaban J connectivity index is 0.00000110. The molecule has 1 aliphatic heterocycles. The van der Waals surface area contributed by atoms with Gasteiger partial charge in [0.05, 0.1) is 0 Å². The van der Waals surface area contributed by atoms with Gasteiger partial charge in [-0.3, -0.25) is 19.2 Å². The summed E-state index contributed by atoms with van der Waals surface area (Å²) in [6.45, 7) is 2.71. The first kappa shape index (κ1) is 24.6. The Kier molecular flexibility index (Phi) is 13.9. The zero-order chi connectivity index (χ0) is 19.9. The molecule has 10 heteroatoms. The van der Waals surface area contributed by atoms with Crippen LogP contribution in [-0.2, 0) is 19.2 Å². The van der Waals surface area contributed by atoms with E-state index in [4.69, 9.17) is 10.2 Å². The number of amides is 2. The van der Waals surface area contributed by atoms with Crippen LogP contribution in [0.1, 0.15) is 52.4 Å². The maximum Gasteiger partial charge on any atom is 0.322 e. The molecule has 2 unspecified atom stereocenters. The predicted octanol–water partition coefficient (Wildman–Crippen LogP) is 1.89. The summed E-state index contributed by atoms with van der Waals surface area (Å²) in [5.74, 6) is -1.28. The highest BCUT2D eigenvalue weighted by molar-refractivity contribution is 8.77. The van der Waals surface area contributed by atoms with Crippen molar-refractivity contribution in [3.8, 4) is 0 Å². The first-order valence-electron chi connectivity index (χ1n) is 8.55. The molecule has 1 rings (SSSR count). The molecule has 0 radical (unpaired) electrons. The van der Waals surface area contributed by atoms with Crippen LogP contribution in [0, 0.1) is 0 Å². The number of nitrogens with one attached hydrogen (secondary N) is 2. The smallest absolute Gasteiger partial charge is 0.322 e. The van der Waals surface area contributed by atoms with Crippen LogP contribution < -0.4 is 10.6 Å². The standard InChI is InChI=1S/C13H22N2O4S2.C3H6O2/c1-9(13(19)14-8-12(17)18)15-11(16)5-3-2-4-10-6-7-20-21-10;1-2-3(4)5/h9-10H,2-8H2,1H3,(H,14,19)(H,15,16)(H,17,18);2H2,1H3,(H,4,5). The van der Waals surface area contributed by atoms with E-state index in [9.17, 15) is 19.2 Å². The Morgan fingerprint density at radius 3 is 2.31 bits per heavy atom. The number of hydrogen-bond acceptors (Lipinski definition) is 6. The lowest BCUT2D eigenvalue weighted by Gasteiger charge is -2.13. The van der Waals surface area contributed by atoms with Crippen molar-refractivity contribution in [2.24, 2.45) is 0 Å². The summed E-state index contributed by atoms with van der Waals surface area (Å²) in [6.07, 6.45) is 4.85. The van der Waals surface area contributed by atoms with Crippen molar-refractivity contribution in [3.05, 3.63) is 0 Å². The molecule has 1 saturated heterocycles. The van der Waals surface area contributed by atoms with Crippen LogP contribution >= 0.6 is 21.6 Å². The minimum atomic E-state index is -1.11. The zero-order valence-corrected chi connectivity index (χ0v) is 16.8. The summed E-state index contributed by atoms with van der Waals surface area (Å²) in [6, 6.07) is -0.710. The molecule has 1 aliphatic rings. The number of carbonyl (C=O) groups is 4. The van der Waals surface area contributed by atoms with Gasteiger partial charge in [0, 0.05) is 23.8 Å². The van der Waals surface area contributed by atoms with Gasteiger partial charge in [-0.15, -0.1) is 0 Å². The molecule has 0 saturated carbocycles. The summed E-state index contributed by atoms with van der Waals surface area (Å²) in [4.78, 5) is 42.9. The van der Waals surface area contributed by atoms with Gasteiger partial charge in [0.15, 0.2) is 0 Å². The molecule has 0 aromatic heterocycles. The summed E-state index contributed by atoms with van der Waals surface area (Å²) >= 11 is 0. The van der Waals surface area contributed by atoms with E-state index in [2.05, 4.69) is 10.6 Å². The summed E-state index contributed by atoms with van der Waals surface area (Å²) in [7, 11) is 3.85. The van der Waals surface area contributed by atoms with Gasteiger partial charge < -0.3 is 20.8 Å². The molecule has 2 amide bonds. The van der Waals surface area contributed by atoms with Crippen molar-refractivity contribution in [1.29, 1.82) is 0 Å². The van der Waals surface area contributed by atoms with E-state index in [0.29, 0.717) is 6.42 Å². The van der Waals surface area contributed by atoms with Gasteiger partial charge in [-0.2, -0.15) is 0 Å². The highest BCUT2D eigenvalue weighted by Crippen LogP contribution is 2.39. The summed E-state index contributed by atoms with van der Waals surface area (Å²) < 4.78 is 0. The van der Waals surface area contributed by atoms with Crippen LogP contribution in [0.3, 0.4) is 0 Å². The number of carboxylic acids is 2. The summed E-state index contributed by atoms with van der Waals surface area (Å²) in [5.41, 5.74) is 0. The van der Waals surface area contributed by atoms with Crippen molar-refractivity contribution < 1.29 is 29.4 Å². The fourth-order valence-electron chi connectivity index (χ4n) is 1.92. The number of unbranched alkanes of at least 4 members (excludes halogenated alkanes) is 1. The van der Waals surface area contributed by atoms with Gasteiger partial charge in [0.1, 0.15) is 12.6 Å². The maximum absolute atomic E-state index is 11.7. The Morgan fingerprint density at radius 1 is 1.15 bits per heavy atom. The highest BCUT2D eigenvalue weighted by atomic mass is 33.1. The molecule has 8 nitrogen and oxygen atoms in total. The number of aliphatic carboxylic acids is 2. The number of rotatable bonds is 10. The maximum atomic E-state index is 11.7. The molecule has 0 spiro atoms. The molecule has 1 fully saturated rings. The second-order valence-corrected chi connectivity index (χ2v) is 8.51. The van der Waals surface area contributed by atoms with Crippen molar-refractivity contribution in [2.45, 2.75) is 63.7 Å². The van der Waals surface area contributed by atoms with Crippen LogP contribution in [0.25, 0.3) is 0 Å². The monoisotopic (exact) mass is 408 g/mol. The minimum Gasteiger partial charge on any atom is -0.481 e. The van der Waals surface area contributed by atoms with E-state index < -0.39 is 30.4 Å². The topological polar surface area (TPSA) is 133 Å². The Morgan fingerprint density at radius 2 is 1.81 bits per heavy atom. The molecule has 0 aliphatic carbocycles. The fraction of sp³-hybridized carbons (Fsp3) is 0.750. The first-order chi connectivity index (χ1) is 12.3. The number of carboxylic acid groups (broad SMARTS) is 2. The quantitative estimate of drug-likeness (QED) is 0.318. The van der Waals surface area contributed by atoms with Gasteiger partial charge >= 0.3 is 11.9 Å². The van der Waals surface area contributed by atoms with Crippen molar-refractivity contribution in [3.63, 3.8) is 0 Å². The largest absolute Gasteiger partial charge is 0.481 e. The van der Waals surface area contributed by atoms with Gasteiger partial charge in [-0.25, -0.2) is 0 Å². The molecule has 150 valence electrons. The average molecular weight is 409 g/mol. The van der Waals surface area contributed by atoms with Gasteiger partial charge in [-0.1, -0.05) is 34.9 Å². The molecule has 4 N–H and O–H groups in total. The van der Waals surface area contributed by atoms with E-state index >= 15 is 0 Å². The van der Waals surface area contributed by atoms with Gasteiger partial charge in [-0.05, 0) is 26.2 Å². The van der Waals surface area contributed by atoms with Crippen molar-refractivity contribution in [1.82, 2.24) is 10.6 Å². The van der Waals surface area contributed by atoms with Crippen LogP contribution in [0.2, 0.25) is 0 Å². The molecule has 2 atom stereocenters. The molecule has 26 heavy (non-hydrogen) atoms. The number of carbonyl (C=O) groups excluding carboxylic acids is 2. The molecular weight excluding hydrogens is 380 g/mol. The first-order valence-corrected chi connectivity index (χ1v) is 10.9. The average Bonchev–Trinajstić information content (AvgIpc) is 3.10. The zero-order valence-electron chi connectivity index (χ0n) is 15.2. The van der Waals surface area contributed by atoms with Crippen molar-refractivity contribution >= 4 is 45.3 Å². The second-order valence-electron chi connectivity index (χ2n) is 5.72. The van der Waals surface area contributed by atoms with E-state index in [-0.39, 0.29) is 12.3 Å². The van der Waals surface area contributed by atoms with Gasteiger partial charge in [0.2, 0.25) is 11.8 Å². The molecule has 0 aromatic carbocycles. The normalized spacial score (nSPS) is 16.8. The van der Waals surface area contributed by atoms with E-state index in [1.807, 2.05) is 21.6 Å². The molecule has 0 bridgehead atoms. The Bertz CT molecular complexity index is 470. The van der Waals surface area contributed by atoms with E-state index in [1.54, 1.807) is 13.8 Å². The Hall–Kier alpha value is -1.42. The fourth-order valence-corrected chi connectivity index (χ4v) is 4.94. The highest BCUT2D eigenvalue weighted by Gasteiger charge is 2.17. The molecule has 1 heterocycles. The van der Waals surface area contributed by atoms with Crippen LogP contribution in [0.15, 0.2) is 0 Å². The Labute approximate surface area is 161 Å². The lowest BCUT2D eigenvalue weighted by atomic mass is 10.1. The van der Waals surface area contributed by atoms with Gasteiger partial charge in [0.25, 0.3) is 0 Å². The summed E-state index contributed by atoms with van der Waals surface area (Å²) in [5, 5.41) is 21.7. The minimum absolute atomic E-state index is 0.165. The SMILES string of the molecule is CC(NC(=O)CCCCC1CCSS1)C(=O)NCC(=O)O.CCC(=O)O. The van der Waals surface area contributed by atoms with Crippen LogP contribution in [0.4, 0.5) is 0 Å². The third-order valence-corrected chi connectivity index (χ3v) is 6.40. The van der Waals surface area contributed by atoms with Crippen molar-refractivity contribution in [2.75, 3.05) is 12.3 Å². The lowest BCUT2D eigenvalue weighted by molar-refractivity contribution is -0.138. The second kappa shape index (κ2) is 14.7. The lowest BCUT2D eigenvalue weighted by Crippen LogP contribution is -2.46. The van der Waals surface area contributed by atoms with E-state index in [1.165, 1.54) is 12.2 Å². The molecule has 0 aromatic rings. The molecular formula is C16H28N2O6S2. The predicted molar refractivity (Wildman–Crippen MR) is 103 cm³/mol. The third kappa shape index (κ3) is 13.8. The third-order valence-electron chi connectivity index (χ3n) is 3.39. The van der Waals surface area contributed by atoms with Crippen LogP contribution in [0.5, 0.6) is 0 Å².